The zero-order valence-electron chi connectivity index (χ0n) is 17.7. The van der Waals surface area contributed by atoms with E-state index in [-0.39, 0.29) is 16.0 Å². The van der Waals surface area contributed by atoms with Gasteiger partial charge in [-0.25, -0.2) is 13.4 Å². The highest BCUT2D eigenvalue weighted by Gasteiger charge is 2.24. The van der Waals surface area contributed by atoms with Crippen molar-refractivity contribution in [3.63, 3.8) is 0 Å². The van der Waals surface area contributed by atoms with E-state index in [2.05, 4.69) is 15.3 Å². The van der Waals surface area contributed by atoms with Crippen molar-refractivity contribution in [3.05, 3.63) is 75.2 Å². The molecular weight excluding hydrogens is 470 g/mol. The van der Waals surface area contributed by atoms with Crippen LogP contribution in [0.2, 0.25) is 5.02 Å². The van der Waals surface area contributed by atoms with Crippen LogP contribution in [0.5, 0.6) is 0 Å². The lowest BCUT2D eigenvalue weighted by Gasteiger charge is -2.15. The lowest BCUT2D eigenvalue weighted by atomic mass is 10.2. The van der Waals surface area contributed by atoms with E-state index in [1.807, 2.05) is 20.8 Å². The summed E-state index contributed by atoms with van der Waals surface area (Å²) in [5, 5.41) is 2.94. The third-order valence-corrected chi connectivity index (χ3v) is 8.00. The lowest BCUT2D eigenvalue weighted by Crippen LogP contribution is -2.26. The molecule has 10 heteroatoms. The molecule has 32 heavy (non-hydrogen) atoms. The van der Waals surface area contributed by atoms with E-state index in [0.29, 0.717) is 17.1 Å². The zero-order chi connectivity index (χ0) is 23.5. The fourth-order valence-electron chi connectivity index (χ4n) is 2.86. The highest BCUT2D eigenvalue weighted by Crippen LogP contribution is 2.26. The normalized spacial score (nSPS) is 12.4. The van der Waals surface area contributed by atoms with E-state index in [1.165, 1.54) is 12.1 Å². The van der Waals surface area contributed by atoms with Crippen LogP contribution in [0, 0.1) is 13.8 Å². The van der Waals surface area contributed by atoms with Gasteiger partial charge >= 0.3 is 0 Å². The fraction of sp³-hybridized carbons (Fsp3) is 0.227. The van der Waals surface area contributed by atoms with Gasteiger partial charge < -0.3 is 10.3 Å². The number of hydrogen-bond donors (Lipinski definition) is 2. The first-order valence-electron chi connectivity index (χ1n) is 9.76. The number of H-pyrrole nitrogens is 1. The largest absolute Gasteiger partial charge is 0.325 e. The van der Waals surface area contributed by atoms with Gasteiger partial charge in [0.2, 0.25) is 15.7 Å². The first-order valence-corrected chi connectivity index (χ1v) is 12.5. The average Bonchev–Trinajstić information content (AvgIpc) is 2.74. The molecule has 0 radical (unpaired) electrons. The van der Waals surface area contributed by atoms with Crippen molar-refractivity contribution in [1.29, 1.82) is 0 Å². The van der Waals surface area contributed by atoms with Crippen molar-refractivity contribution >= 4 is 44.8 Å². The third kappa shape index (κ3) is 5.40. The van der Waals surface area contributed by atoms with Gasteiger partial charge in [-0.3, -0.25) is 9.59 Å². The Morgan fingerprint density at radius 1 is 1.19 bits per heavy atom. The van der Waals surface area contributed by atoms with Gasteiger partial charge in [0, 0.05) is 10.7 Å². The Labute approximate surface area is 195 Å². The van der Waals surface area contributed by atoms with Gasteiger partial charge in [-0.2, -0.15) is 0 Å². The second kappa shape index (κ2) is 9.89. The first kappa shape index (κ1) is 24.0. The maximum absolute atomic E-state index is 12.8. The van der Waals surface area contributed by atoms with Crippen molar-refractivity contribution in [1.82, 2.24) is 9.97 Å². The van der Waals surface area contributed by atoms with E-state index in [0.717, 1.165) is 29.1 Å². The van der Waals surface area contributed by atoms with Gasteiger partial charge in [0.25, 0.3) is 5.56 Å². The summed E-state index contributed by atoms with van der Waals surface area (Å²) in [7, 11) is -4.01. The number of benzene rings is 2. The number of carbonyl (C=O) groups excluding carboxylic acids is 1. The molecule has 0 unspecified atom stereocenters. The number of rotatable bonds is 7. The van der Waals surface area contributed by atoms with Crippen LogP contribution in [-0.2, 0) is 14.6 Å². The summed E-state index contributed by atoms with van der Waals surface area (Å²) in [4.78, 5) is 31.4. The van der Waals surface area contributed by atoms with Crippen molar-refractivity contribution in [2.75, 3.05) is 5.32 Å². The minimum atomic E-state index is -4.01. The van der Waals surface area contributed by atoms with Crippen LogP contribution in [0.25, 0.3) is 0 Å². The van der Waals surface area contributed by atoms with Crippen LogP contribution in [0.15, 0.2) is 68.4 Å². The number of carbonyl (C=O) groups is 1. The Bertz CT molecular complexity index is 1310. The van der Waals surface area contributed by atoms with Crippen molar-refractivity contribution in [2.45, 2.75) is 47.4 Å². The molecule has 0 saturated heterocycles. The maximum Gasteiger partial charge on any atom is 0.270 e. The summed E-state index contributed by atoms with van der Waals surface area (Å²) in [6.07, 6.45) is 1.49. The van der Waals surface area contributed by atoms with E-state index >= 15 is 0 Å². The molecule has 1 amide bonds. The van der Waals surface area contributed by atoms with Gasteiger partial charge in [0.05, 0.1) is 16.3 Å². The Morgan fingerprint density at radius 3 is 2.50 bits per heavy atom. The van der Waals surface area contributed by atoms with E-state index in [9.17, 15) is 18.0 Å². The molecule has 1 aromatic heterocycles. The van der Waals surface area contributed by atoms with Gasteiger partial charge in [-0.15, -0.1) is 0 Å². The Kier molecular flexibility index (Phi) is 7.43. The summed E-state index contributed by atoms with van der Waals surface area (Å²) in [6, 6.07) is 11.4. The molecule has 2 N–H and O–H groups in total. The summed E-state index contributed by atoms with van der Waals surface area (Å²) in [6.45, 7) is 5.52. The topological polar surface area (TPSA) is 109 Å². The second-order valence-electron chi connectivity index (χ2n) is 7.16. The highest BCUT2D eigenvalue weighted by molar-refractivity contribution is 8.00. The molecule has 1 heterocycles. The monoisotopic (exact) mass is 491 g/mol. The molecule has 0 spiro atoms. The summed E-state index contributed by atoms with van der Waals surface area (Å²) < 4.78 is 25.6. The maximum atomic E-state index is 12.8. The predicted molar refractivity (Wildman–Crippen MR) is 126 cm³/mol. The van der Waals surface area contributed by atoms with E-state index < -0.39 is 25.5 Å². The van der Waals surface area contributed by atoms with E-state index in [1.54, 1.807) is 30.3 Å². The molecule has 2 aromatic carbocycles. The first-order chi connectivity index (χ1) is 15.1. The fourth-order valence-corrected chi connectivity index (χ4v) is 5.14. The Morgan fingerprint density at radius 2 is 1.88 bits per heavy atom. The van der Waals surface area contributed by atoms with Crippen molar-refractivity contribution < 1.29 is 13.2 Å². The Balaban J connectivity index is 1.80. The minimum Gasteiger partial charge on any atom is -0.325 e. The average molecular weight is 492 g/mol. The van der Waals surface area contributed by atoms with Crippen LogP contribution in [0.4, 0.5) is 5.69 Å². The quantitative estimate of drug-likeness (QED) is 0.375. The molecule has 0 saturated carbocycles. The van der Waals surface area contributed by atoms with Gasteiger partial charge in [-0.05, 0) is 50.1 Å². The number of sulfone groups is 1. The number of anilines is 1. The number of amides is 1. The molecule has 0 aliphatic heterocycles. The molecule has 0 aliphatic carbocycles. The molecule has 3 rings (SSSR count). The SMILES string of the molecule is CC[C@H](Sc1ncc(S(=O)(=O)c2ccc(C)cc2)c(=O)[nH]1)C(=O)Nc1cc(Cl)ccc1C. The number of nitrogens with zero attached hydrogens (tertiary/aromatic N) is 1. The van der Waals surface area contributed by atoms with Crippen LogP contribution in [0.1, 0.15) is 24.5 Å². The summed E-state index contributed by atoms with van der Waals surface area (Å²) >= 11 is 7.06. The number of halogens is 1. The minimum absolute atomic E-state index is 0.0125. The molecule has 0 bridgehead atoms. The zero-order valence-corrected chi connectivity index (χ0v) is 20.1. The molecule has 1 atom stereocenters. The molecule has 168 valence electrons. The standard InChI is InChI=1S/C22H22ClN3O4S2/c1-4-18(20(27)25-17-11-15(23)8-7-14(17)3)31-22-24-12-19(21(28)26-22)32(29,30)16-9-5-13(2)6-10-16/h5-12,18H,4H2,1-3H3,(H,25,27)(H,24,26,28)/t18-/m0/s1. The lowest BCUT2D eigenvalue weighted by molar-refractivity contribution is -0.115. The second-order valence-corrected chi connectivity index (χ2v) is 10.7. The number of hydrogen-bond acceptors (Lipinski definition) is 6. The van der Waals surface area contributed by atoms with Crippen molar-refractivity contribution in [2.24, 2.45) is 0 Å². The van der Waals surface area contributed by atoms with Crippen molar-refractivity contribution in [3.8, 4) is 0 Å². The van der Waals surface area contributed by atoms with Gasteiger partial charge in [-0.1, -0.05) is 54.0 Å². The molecule has 7 nitrogen and oxygen atoms in total. The van der Waals surface area contributed by atoms with Crippen LogP contribution < -0.4 is 10.9 Å². The number of aromatic nitrogens is 2. The number of aromatic amines is 1. The third-order valence-electron chi connectivity index (χ3n) is 4.74. The van der Waals surface area contributed by atoms with Gasteiger partial charge in [0.1, 0.15) is 0 Å². The molecule has 0 fully saturated rings. The van der Waals surface area contributed by atoms with Crippen LogP contribution >= 0.6 is 23.4 Å². The highest BCUT2D eigenvalue weighted by atomic mass is 35.5. The van der Waals surface area contributed by atoms with E-state index in [4.69, 9.17) is 11.6 Å². The number of nitrogens with one attached hydrogen (secondary N) is 2. The van der Waals surface area contributed by atoms with Gasteiger partial charge in [0.15, 0.2) is 10.1 Å². The Hall–Kier alpha value is -2.62. The summed E-state index contributed by atoms with van der Waals surface area (Å²) in [5.41, 5.74) is 1.57. The smallest absolute Gasteiger partial charge is 0.270 e. The molecule has 3 aromatic rings. The number of thioether (sulfide) groups is 1. The molecule has 0 aliphatic rings. The van der Waals surface area contributed by atoms with Crippen LogP contribution in [-0.4, -0.2) is 29.5 Å². The predicted octanol–water partition coefficient (Wildman–Crippen LogP) is 4.38. The summed E-state index contributed by atoms with van der Waals surface area (Å²) in [5.74, 6) is -0.276. The molecular formula is C22H22ClN3O4S2. The number of aryl methyl sites for hydroxylation is 2. The van der Waals surface area contributed by atoms with Crippen LogP contribution in [0.3, 0.4) is 0 Å².